The molecular weight excluding hydrogens is 396 g/mol. The van der Waals surface area contributed by atoms with Crippen molar-refractivity contribution in [1.29, 1.82) is 0 Å². The van der Waals surface area contributed by atoms with Crippen LogP contribution in [0.1, 0.15) is 33.1 Å². The van der Waals surface area contributed by atoms with Crippen LogP contribution in [0.3, 0.4) is 0 Å². The Morgan fingerprint density at radius 1 is 1.12 bits per heavy atom. The molecule has 1 aliphatic carbocycles. The van der Waals surface area contributed by atoms with Gasteiger partial charge in [-0.2, -0.15) is 10.2 Å². The summed E-state index contributed by atoms with van der Waals surface area (Å²) >= 11 is 10.2. The molecule has 0 amide bonds. The molecule has 1 aliphatic rings. The zero-order valence-electron chi connectivity index (χ0n) is 14.1. The van der Waals surface area contributed by atoms with Gasteiger partial charge < -0.3 is 30.0 Å². The molecule has 0 spiro atoms. The number of ether oxygens (including phenoxy) is 1. The summed E-state index contributed by atoms with van der Waals surface area (Å²) in [6.45, 7) is 5.78. The quantitative estimate of drug-likeness (QED) is 0.213. The van der Waals surface area contributed by atoms with Gasteiger partial charge in [0.25, 0.3) is 0 Å². The zero-order valence-corrected chi connectivity index (χ0v) is 16.7. The van der Waals surface area contributed by atoms with E-state index in [0.717, 1.165) is 30.7 Å². The summed E-state index contributed by atoms with van der Waals surface area (Å²) < 4.78 is 5.17. The molecule has 1 rings (SSSR count). The second-order valence-corrected chi connectivity index (χ2v) is 5.63. The average Bonchev–Trinajstić information content (AvgIpc) is 2.91. The molecule has 2 N–H and O–H groups in total. The van der Waals surface area contributed by atoms with E-state index in [1.807, 2.05) is 13.8 Å². The third kappa shape index (κ3) is 8.34. The van der Waals surface area contributed by atoms with Crippen molar-refractivity contribution in [1.82, 2.24) is 10.9 Å². The van der Waals surface area contributed by atoms with E-state index >= 15 is 0 Å². The smallest absolute Gasteiger partial charge is 0.741 e. The van der Waals surface area contributed by atoms with E-state index in [0.29, 0.717) is 30.0 Å². The first-order valence-electron chi connectivity index (χ1n) is 7.70. The van der Waals surface area contributed by atoms with E-state index in [-0.39, 0.29) is 23.0 Å². The van der Waals surface area contributed by atoms with Crippen molar-refractivity contribution >= 4 is 47.0 Å². The molecule has 0 aromatic heterocycles. The molecule has 7 nitrogen and oxygen atoms in total. The van der Waals surface area contributed by atoms with Gasteiger partial charge in [-0.25, -0.2) is 0 Å². The molecule has 0 heterocycles. The summed E-state index contributed by atoms with van der Waals surface area (Å²) in [5.74, 6) is 0.282. The van der Waals surface area contributed by atoms with Gasteiger partial charge in [0, 0.05) is 32.7 Å². The molecule has 0 unspecified atom stereocenters. The maximum absolute atomic E-state index is 5.17. The Morgan fingerprint density at radius 3 is 2.25 bits per heavy atom. The summed E-state index contributed by atoms with van der Waals surface area (Å²) in [6, 6.07) is 0. The Labute approximate surface area is 165 Å². The SMILES string of the molecule is CCN=C([S-])N/N=C1\CC[C@H](CCOC)\C1=N/NC([S-])=NCC.[Cu+2]. The molecule has 139 valence electrons. The number of amidine groups is 2. The second-order valence-electron chi connectivity index (χ2n) is 4.86. The zero-order chi connectivity index (χ0) is 17.1. The molecule has 0 saturated heterocycles. The first-order chi connectivity index (χ1) is 11.1. The average molecular weight is 420 g/mol. The van der Waals surface area contributed by atoms with Crippen molar-refractivity contribution in [2.24, 2.45) is 26.1 Å². The molecule has 1 saturated carbocycles. The molecular formula is C14H24CuN6OS2. The number of nitrogens with zero attached hydrogens (tertiary/aromatic N) is 4. The molecule has 0 aromatic carbocycles. The molecule has 24 heavy (non-hydrogen) atoms. The Balaban J connectivity index is 0.00000529. The van der Waals surface area contributed by atoms with E-state index in [4.69, 9.17) is 30.0 Å². The van der Waals surface area contributed by atoms with Gasteiger partial charge in [-0.05, 0) is 43.4 Å². The minimum atomic E-state index is 0. The Bertz CT molecular complexity index is 496. The largest absolute Gasteiger partial charge is 2.00 e. The molecule has 10 heteroatoms. The molecule has 0 aromatic rings. The molecule has 1 fully saturated rings. The third-order valence-electron chi connectivity index (χ3n) is 3.24. The van der Waals surface area contributed by atoms with Crippen LogP contribution in [-0.4, -0.2) is 48.6 Å². The van der Waals surface area contributed by atoms with Gasteiger partial charge >= 0.3 is 17.1 Å². The normalized spacial score (nSPS) is 21.9. The Kier molecular flexibility index (Phi) is 13.0. The maximum Gasteiger partial charge on any atom is 2.00 e. The predicted octanol–water partition coefficient (Wildman–Crippen LogP) is 1.17. The van der Waals surface area contributed by atoms with Crippen LogP contribution in [0.5, 0.6) is 0 Å². The summed E-state index contributed by atoms with van der Waals surface area (Å²) in [6.07, 6.45) is 2.69. The summed E-state index contributed by atoms with van der Waals surface area (Å²) in [5.41, 5.74) is 7.37. The van der Waals surface area contributed by atoms with Crippen LogP contribution in [0.2, 0.25) is 0 Å². The minimum Gasteiger partial charge on any atom is -0.741 e. The number of nitrogens with one attached hydrogen (secondary N) is 2. The summed E-state index contributed by atoms with van der Waals surface area (Å²) in [4.78, 5) is 8.17. The first kappa shape index (κ1) is 23.2. The van der Waals surface area contributed by atoms with Crippen LogP contribution in [-0.2, 0) is 47.1 Å². The van der Waals surface area contributed by atoms with Crippen LogP contribution in [0.15, 0.2) is 20.2 Å². The maximum atomic E-state index is 5.17. The van der Waals surface area contributed by atoms with Gasteiger partial charge in [0.05, 0.1) is 11.4 Å². The molecule has 1 radical (unpaired) electrons. The van der Waals surface area contributed by atoms with Crippen molar-refractivity contribution in [3.05, 3.63) is 0 Å². The van der Waals surface area contributed by atoms with E-state index < -0.39 is 0 Å². The van der Waals surface area contributed by atoms with Crippen LogP contribution in [0.25, 0.3) is 0 Å². The fraction of sp³-hybridized carbons (Fsp3) is 0.714. The molecule has 0 bridgehead atoms. The standard InChI is InChI=1S/C14H26N6OS2.Cu/c1-4-15-13(22)19-17-11-7-6-10(8-9-21-3)12(11)18-20-14(23)16-5-2;/h10H,4-9H2,1-3H3,(H2,15,19,22)(H2,16,20,23);/q;+2/p-2/b17-11+,18-12+;/t10-;/m1./s1. The van der Waals surface area contributed by atoms with Gasteiger partial charge in [0.15, 0.2) is 0 Å². The first-order valence-corrected chi connectivity index (χ1v) is 8.52. The third-order valence-corrected chi connectivity index (χ3v) is 3.69. The van der Waals surface area contributed by atoms with Gasteiger partial charge in [0.1, 0.15) is 0 Å². The minimum absolute atomic E-state index is 0. The number of hydrazone groups is 2. The van der Waals surface area contributed by atoms with Gasteiger partial charge in [-0.3, -0.25) is 20.8 Å². The van der Waals surface area contributed by atoms with Crippen LogP contribution < -0.4 is 10.9 Å². The van der Waals surface area contributed by atoms with Crippen LogP contribution >= 0.6 is 0 Å². The number of hydrogen-bond acceptors (Lipinski definition) is 7. The van der Waals surface area contributed by atoms with Gasteiger partial charge in [0.2, 0.25) is 0 Å². The van der Waals surface area contributed by atoms with Gasteiger partial charge in [-0.15, -0.1) is 0 Å². The van der Waals surface area contributed by atoms with E-state index in [9.17, 15) is 0 Å². The summed E-state index contributed by atoms with van der Waals surface area (Å²) in [5, 5.41) is 9.52. The van der Waals surface area contributed by atoms with Crippen molar-refractivity contribution in [2.75, 3.05) is 26.8 Å². The number of hydrogen-bond donors (Lipinski definition) is 2. The monoisotopic (exact) mass is 419 g/mol. The van der Waals surface area contributed by atoms with E-state index in [2.05, 4.69) is 31.0 Å². The van der Waals surface area contributed by atoms with Gasteiger partial charge in [-0.1, -0.05) is 0 Å². The van der Waals surface area contributed by atoms with Crippen molar-refractivity contribution < 1.29 is 21.8 Å². The van der Waals surface area contributed by atoms with E-state index in [1.54, 1.807) is 7.11 Å². The van der Waals surface area contributed by atoms with Crippen molar-refractivity contribution in [3.8, 4) is 0 Å². The fourth-order valence-electron chi connectivity index (χ4n) is 2.20. The summed E-state index contributed by atoms with van der Waals surface area (Å²) in [7, 11) is 1.69. The number of methoxy groups -OCH3 is 1. The Morgan fingerprint density at radius 2 is 1.71 bits per heavy atom. The second kappa shape index (κ2) is 13.5. The number of aliphatic imine (C=N–C) groups is 2. The van der Waals surface area contributed by atoms with Crippen molar-refractivity contribution in [2.45, 2.75) is 33.1 Å². The van der Waals surface area contributed by atoms with Crippen LogP contribution in [0.4, 0.5) is 0 Å². The predicted molar refractivity (Wildman–Crippen MR) is 101 cm³/mol. The van der Waals surface area contributed by atoms with Crippen molar-refractivity contribution in [3.63, 3.8) is 0 Å². The molecule has 0 aliphatic heterocycles. The Hall–Kier alpha value is -0.801. The van der Waals surface area contributed by atoms with Crippen LogP contribution in [0, 0.1) is 5.92 Å². The molecule has 1 atom stereocenters. The topological polar surface area (TPSA) is 82.7 Å². The fourth-order valence-corrected chi connectivity index (χ4v) is 2.55. The van der Waals surface area contributed by atoms with E-state index in [1.165, 1.54) is 0 Å². The number of rotatable bonds is 7.